The highest BCUT2D eigenvalue weighted by molar-refractivity contribution is 4.68. The first kappa shape index (κ1) is 12.9. The van der Waals surface area contributed by atoms with Crippen molar-refractivity contribution < 1.29 is 9.47 Å². The molecule has 0 saturated heterocycles. The summed E-state index contributed by atoms with van der Waals surface area (Å²) in [4.78, 5) is 2.34. The Morgan fingerprint density at radius 3 is 1.54 bits per heavy atom. The molecule has 0 aromatic carbocycles. The van der Waals surface area contributed by atoms with Crippen molar-refractivity contribution in [2.45, 2.75) is 46.1 Å². The largest absolute Gasteiger partial charge is 0.355 e. The van der Waals surface area contributed by atoms with Gasteiger partial charge in [0.1, 0.15) is 0 Å². The Balaban J connectivity index is 4.08. The van der Waals surface area contributed by atoms with E-state index >= 15 is 0 Å². The van der Waals surface area contributed by atoms with Crippen LogP contribution in [0, 0.1) is 0 Å². The van der Waals surface area contributed by atoms with E-state index in [1.54, 1.807) is 14.2 Å². The number of hydrogen-bond donors (Lipinski definition) is 0. The van der Waals surface area contributed by atoms with Gasteiger partial charge in [-0.1, -0.05) is 0 Å². The van der Waals surface area contributed by atoms with Gasteiger partial charge >= 0.3 is 0 Å². The Bertz CT molecular complexity index is 114. The van der Waals surface area contributed by atoms with Crippen molar-refractivity contribution in [3.63, 3.8) is 0 Å². The number of methoxy groups -OCH3 is 2. The number of rotatable bonds is 6. The minimum absolute atomic E-state index is 0.121. The topological polar surface area (TPSA) is 21.7 Å². The molecule has 0 radical (unpaired) electrons. The lowest BCUT2D eigenvalue weighted by molar-refractivity contribution is -0.122. The lowest BCUT2D eigenvalue weighted by Gasteiger charge is -2.32. The molecule has 0 amide bonds. The van der Waals surface area contributed by atoms with Crippen LogP contribution in [-0.2, 0) is 9.47 Å². The standard InChI is InChI=1S/C10H23NO2/c1-8(2)11(9(3)4)7-10(12-5)13-6/h8-10H,7H2,1-6H3. The molecule has 0 unspecified atom stereocenters. The quantitative estimate of drug-likeness (QED) is 0.594. The summed E-state index contributed by atoms with van der Waals surface area (Å²) >= 11 is 0. The fourth-order valence-corrected chi connectivity index (χ4v) is 1.44. The third kappa shape index (κ3) is 4.60. The van der Waals surface area contributed by atoms with Crippen LogP contribution in [0.15, 0.2) is 0 Å². The van der Waals surface area contributed by atoms with Crippen molar-refractivity contribution in [2.75, 3.05) is 20.8 Å². The van der Waals surface area contributed by atoms with Crippen LogP contribution in [0.25, 0.3) is 0 Å². The van der Waals surface area contributed by atoms with Gasteiger partial charge in [-0.15, -0.1) is 0 Å². The molecule has 13 heavy (non-hydrogen) atoms. The van der Waals surface area contributed by atoms with Gasteiger partial charge in [0.25, 0.3) is 0 Å². The highest BCUT2D eigenvalue weighted by atomic mass is 16.7. The fourth-order valence-electron chi connectivity index (χ4n) is 1.44. The number of ether oxygens (including phenoxy) is 2. The maximum Gasteiger partial charge on any atom is 0.169 e. The second kappa shape index (κ2) is 6.35. The summed E-state index contributed by atoms with van der Waals surface area (Å²) in [5.41, 5.74) is 0. The van der Waals surface area contributed by atoms with Crippen LogP contribution in [0.2, 0.25) is 0 Å². The third-order valence-corrected chi connectivity index (χ3v) is 2.21. The monoisotopic (exact) mass is 189 g/mol. The highest BCUT2D eigenvalue weighted by Gasteiger charge is 2.17. The smallest absolute Gasteiger partial charge is 0.169 e. The Labute approximate surface area is 82.0 Å². The van der Waals surface area contributed by atoms with Gasteiger partial charge in [-0.3, -0.25) is 4.90 Å². The van der Waals surface area contributed by atoms with Crippen molar-refractivity contribution in [3.8, 4) is 0 Å². The maximum atomic E-state index is 5.17. The summed E-state index contributed by atoms with van der Waals surface area (Å²) in [7, 11) is 3.35. The van der Waals surface area contributed by atoms with Crippen LogP contribution in [0.3, 0.4) is 0 Å². The highest BCUT2D eigenvalue weighted by Crippen LogP contribution is 2.07. The molecule has 0 aromatic heterocycles. The Hall–Kier alpha value is -0.120. The molecule has 0 saturated carbocycles. The van der Waals surface area contributed by atoms with Gasteiger partial charge in [-0.25, -0.2) is 0 Å². The third-order valence-electron chi connectivity index (χ3n) is 2.21. The van der Waals surface area contributed by atoms with Gasteiger partial charge < -0.3 is 9.47 Å². The normalized spacial score (nSPS) is 12.5. The maximum absolute atomic E-state index is 5.17. The second-order valence-corrected chi connectivity index (χ2v) is 3.79. The van der Waals surface area contributed by atoms with Gasteiger partial charge in [0, 0.05) is 32.8 Å². The molecule has 0 bridgehead atoms. The van der Waals surface area contributed by atoms with E-state index in [0.717, 1.165) is 6.54 Å². The van der Waals surface area contributed by atoms with E-state index in [1.807, 2.05) is 0 Å². The van der Waals surface area contributed by atoms with Crippen LogP contribution in [0.4, 0.5) is 0 Å². The van der Waals surface area contributed by atoms with Crippen molar-refractivity contribution in [3.05, 3.63) is 0 Å². The zero-order valence-electron chi connectivity index (χ0n) is 9.70. The lowest BCUT2D eigenvalue weighted by Crippen LogP contribution is -2.43. The van der Waals surface area contributed by atoms with E-state index in [9.17, 15) is 0 Å². The molecule has 0 rings (SSSR count). The minimum atomic E-state index is -0.121. The van der Waals surface area contributed by atoms with E-state index in [2.05, 4.69) is 32.6 Å². The Kier molecular flexibility index (Phi) is 6.29. The van der Waals surface area contributed by atoms with Crippen LogP contribution < -0.4 is 0 Å². The molecule has 80 valence electrons. The molecule has 0 N–H and O–H groups in total. The summed E-state index contributed by atoms with van der Waals surface area (Å²) < 4.78 is 10.3. The molecule has 0 fully saturated rings. The van der Waals surface area contributed by atoms with Crippen molar-refractivity contribution in [1.82, 2.24) is 4.90 Å². The van der Waals surface area contributed by atoms with Crippen molar-refractivity contribution in [1.29, 1.82) is 0 Å². The van der Waals surface area contributed by atoms with Crippen molar-refractivity contribution in [2.24, 2.45) is 0 Å². The molecular formula is C10H23NO2. The fraction of sp³-hybridized carbons (Fsp3) is 1.00. The molecular weight excluding hydrogens is 166 g/mol. The predicted molar refractivity (Wildman–Crippen MR) is 54.8 cm³/mol. The van der Waals surface area contributed by atoms with Gasteiger partial charge in [0.2, 0.25) is 0 Å². The summed E-state index contributed by atoms with van der Waals surface area (Å²) in [5.74, 6) is 0. The molecule has 3 heteroatoms. The van der Waals surface area contributed by atoms with Crippen LogP contribution in [0.1, 0.15) is 27.7 Å². The van der Waals surface area contributed by atoms with Gasteiger partial charge in [0.05, 0.1) is 0 Å². The van der Waals surface area contributed by atoms with Crippen molar-refractivity contribution >= 4 is 0 Å². The van der Waals surface area contributed by atoms with E-state index in [1.165, 1.54) is 0 Å². The zero-order chi connectivity index (χ0) is 10.4. The first-order valence-corrected chi connectivity index (χ1v) is 4.84. The molecule has 0 heterocycles. The van der Waals surface area contributed by atoms with Crippen LogP contribution in [0.5, 0.6) is 0 Å². The number of hydrogen-bond acceptors (Lipinski definition) is 3. The first-order valence-electron chi connectivity index (χ1n) is 4.84. The summed E-state index contributed by atoms with van der Waals surface area (Å²) in [6.45, 7) is 9.55. The summed E-state index contributed by atoms with van der Waals surface area (Å²) in [6, 6.07) is 1.04. The average Bonchev–Trinajstić information content (AvgIpc) is 2.05. The van der Waals surface area contributed by atoms with E-state index in [0.29, 0.717) is 12.1 Å². The summed E-state index contributed by atoms with van der Waals surface area (Å²) in [6.07, 6.45) is -0.121. The molecule has 0 aliphatic heterocycles. The zero-order valence-corrected chi connectivity index (χ0v) is 9.70. The molecule has 0 aliphatic carbocycles. The SMILES string of the molecule is COC(CN(C(C)C)C(C)C)OC. The van der Waals surface area contributed by atoms with Gasteiger partial charge in [-0.2, -0.15) is 0 Å². The van der Waals surface area contributed by atoms with Crippen LogP contribution >= 0.6 is 0 Å². The lowest BCUT2D eigenvalue weighted by atomic mass is 10.2. The predicted octanol–water partition coefficient (Wildman–Crippen LogP) is 1.72. The van der Waals surface area contributed by atoms with Gasteiger partial charge in [0.15, 0.2) is 6.29 Å². The second-order valence-electron chi connectivity index (χ2n) is 3.79. The average molecular weight is 189 g/mol. The molecule has 0 atom stereocenters. The molecule has 0 spiro atoms. The Morgan fingerprint density at radius 2 is 1.31 bits per heavy atom. The Morgan fingerprint density at radius 1 is 0.923 bits per heavy atom. The van der Waals surface area contributed by atoms with E-state index in [4.69, 9.17) is 9.47 Å². The molecule has 3 nitrogen and oxygen atoms in total. The molecule has 0 aromatic rings. The van der Waals surface area contributed by atoms with Crippen LogP contribution in [-0.4, -0.2) is 44.0 Å². The number of nitrogens with zero attached hydrogens (tertiary/aromatic N) is 1. The van der Waals surface area contributed by atoms with E-state index < -0.39 is 0 Å². The minimum Gasteiger partial charge on any atom is -0.355 e. The molecule has 0 aliphatic rings. The first-order chi connectivity index (χ1) is 6.02. The summed E-state index contributed by atoms with van der Waals surface area (Å²) in [5, 5.41) is 0. The van der Waals surface area contributed by atoms with E-state index in [-0.39, 0.29) is 6.29 Å². The van der Waals surface area contributed by atoms with Gasteiger partial charge in [-0.05, 0) is 27.7 Å².